The third-order valence-corrected chi connectivity index (χ3v) is 4.81. The molecule has 0 aliphatic rings. The van der Waals surface area contributed by atoms with E-state index in [9.17, 15) is 39.4 Å². The third-order valence-electron chi connectivity index (χ3n) is 4.81. The van der Waals surface area contributed by atoms with Crippen LogP contribution in [0.25, 0.3) is 0 Å². The summed E-state index contributed by atoms with van der Waals surface area (Å²) in [6.45, 7) is 9.47. The Labute approximate surface area is 284 Å². The van der Waals surface area contributed by atoms with E-state index < -0.39 is 33.7 Å². The van der Waals surface area contributed by atoms with Crippen LogP contribution < -0.4 is 9.47 Å². The number of halogens is 2. The van der Waals surface area contributed by atoms with Crippen molar-refractivity contribution in [2.45, 2.75) is 13.8 Å². The second kappa shape index (κ2) is 24.9. The molecule has 0 heterocycles. The van der Waals surface area contributed by atoms with E-state index in [4.69, 9.17) is 52.4 Å². The van der Waals surface area contributed by atoms with Gasteiger partial charge in [-0.2, -0.15) is 0 Å². The summed E-state index contributed by atoms with van der Waals surface area (Å²) < 4.78 is 23.7. The molecule has 0 amide bonds. The summed E-state index contributed by atoms with van der Waals surface area (Å²) in [4.78, 5) is 63.8. The molecule has 0 saturated heterocycles. The Morgan fingerprint density at radius 1 is 0.750 bits per heavy atom. The van der Waals surface area contributed by atoms with Gasteiger partial charge in [0, 0.05) is 35.4 Å². The number of benzene rings is 2. The molecule has 0 atom stereocenters. The molecule has 2 aromatic rings. The number of carboxylic acid groups (broad SMARTS) is 1. The smallest absolute Gasteiger partial charge is 0.338 e. The van der Waals surface area contributed by atoms with Gasteiger partial charge in [-0.1, -0.05) is 13.2 Å². The van der Waals surface area contributed by atoms with Gasteiger partial charge in [-0.05, 0) is 26.0 Å². The number of nitro groups is 2. The predicted molar refractivity (Wildman–Crippen MR) is 172 cm³/mol. The predicted octanol–water partition coefficient (Wildman–Crippen LogP) is 4.70. The van der Waals surface area contributed by atoms with E-state index in [0.717, 1.165) is 24.3 Å². The molecule has 0 radical (unpaired) electrons. The van der Waals surface area contributed by atoms with Crippen molar-refractivity contribution in [3.63, 3.8) is 0 Å². The second-order valence-corrected chi connectivity index (χ2v) is 9.19. The summed E-state index contributed by atoms with van der Waals surface area (Å²) in [6.07, 6.45) is 0. The first-order valence-electron chi connectivity index (χ1n) is 13.0. The van der Waals surface area contributed by atoms with Crippen LogP contribution >= 0.6 is 23.2 Å². The highest BCUT2D eigenvalue weighted by Crippen LogP contribution is 2.28. The van der Waals surface area contributed by atoms with Crippen molar-refractivity contribution >= 4 is 58.5 Å². The number of aliphatic hydroxyl groups is 1. The van der Waals surface area contributed by atoms with Gasteiger partial charge >= 0.3 is 35.3 Å². The van der Waals surface area contributed by atoms with Crippen LogP contribution in [0.4, 0.5) is 11.4 Å². The van der Waals surface area contributed by atoms with Gasteiger partial charge in [-0.3, -0.25) is 20.2 Å². The summed E-state index contributed by atoms with van der Waals surface area (Å²) in [5.74, 6) is -3.00. The average molecular weight is 721 g/mol. The number of aromatic carboxylic acids is 1. The summed E-state index contributed by atoms with van der Waals surface area (Å²) in [7, 11) is 2.50. The van der Waals surface area contributed by atoms with Crippen LogP contribution in [0.5, 0.6) is 11.5 Å². The van der Waals surface area contributed by atoms with Crippen LogP contribution in [-0.2, 0) is 23.8 Å². The minimum Gasteiger partial charge on any atom is -0.490 e. The molecule has 17 nitrogen and oxygen atoms in total. The normalized spacial score (nSPS) is 9.23. The van der Waals surface area contributed by atoms with Gasteiger partial charge in [0.05, 0.1) is 47.1 Å². The van der Waals surface area contributed by atoms with Gasteiger partial charge in [-0.15, -0.1) is 23.2 Å². The van der Waals surface area contributed by atoms with Crippen molar-refractivity contribution in [1.29, 1.82) is 0 Å². The Balaban J connectivity index is 0. The van der Waals surface area contributed by atoms with Crippen LogP contribution in [0.3, 0.4) is 0 Å². The number of esters is 3. The van der Waals surface area contributed by atoms with Crippen molar-refractivity contribution in [3.8, 4) is 11.5 Å². The lowest BCUT2D eigenvalue weighted by Crippen LogP contribution is -2.14. The fraction of sp³-hybridized carbons (Fsp3) is 0.310. The van der Waals surface area contributed by atoms with E-state index in [0.29, 0.717) is 5.57 Å². The van der Waals surface area contributed by atoms with Crippen molar-refractivity contribution < 1.29 is 62.9 Å². The van der Waals surface area contributed by atoms with Crippen molar-refractivity contribution in [1.82, 2.24) is 0 Å². The number of rotatable bonds is 13. The minimum absolute atomic E-state index is 0.0473. The number of nitrogens with zero attached hydrogens (tertiary/aromatic N) is 2. The number of aliphatic hydroxyl groups excluding tert-OH is 1. The lowest BCUT2D eigenvalue weighted by molar-refractivity contribution is -0.385. The molecule has 0 unspecified atom stereocenters. The number of ether oxygens (including phenoxy) is 5. The molecule has 0 aromatic heterocycles. The Kier molecular flexibility index (Phi) is 23.3. The van der Waals surface area contributed by atoms with Gasteiger partial charge in [0.25, 0.3) is 0 Å². The number of alkyl halides is 2. The van der Waals surface area contributed by atoms with Crippen LogP contribution in [0.1, 0.15) is 34.6 Å². The lowest BCUT2D eigenvalue weighted by atomic mass is 10.2. The first-order chi connectivity index (χ1) is 22.5. The van der Waals surface area contributed by atoms with Crippen LogP contribution in [0.15, 0.2) is 60.7 Å². The SMILES string of the molecule is C=C(C)C(=O)OCCO.C=C(C)C(=O)OCCOC(=O)c1ccc([N+](=O)[O-])c(OC)c1.COc1cc(C(=O)O)ccc1[N+](=O)[O-].ClCCl. The molecular weight excluding hydrogens is 687 g/mol. The molecular formula is C29H34Cl2N2O15. The minimum atomic E-state index is -1.15. The maximum absolute atomic E-state index is 11.8. The summed E-state index contributed by atoms with van der Waals surface area (Å²) >= 11 is 9.53. The number of nitro benzene ring substituents is 2. The Hall–Kier alpha value is -5.26. The molecule has 19 heteroatoms. The molecule has 0 bridgehead atoms. The van der Waals surface area contributed by atoms with Gasteiger partial charge in [0.2, 0.25) is 0 Å². The molecule has 2 aromatic carbocycles. The lowest BCUT2D eigenvalue weighted by Gasteiger charge is -2.07. The highest BCUT2D eigenvalue weighted by molar-refractivity contribution is 6.40. The summed E-state index contributed by atoms with van der Waals surface area (Å²) in [5.41, 5.74) is 0.128. The topological polar surface area (TPSA) is 241 Å². The second-order valence-electron chi connectivity index (χ2n) is 8.39. The van der Waals surface area contributed by atoms with Gasteiger partial charge in [0.1, 0.15) is 19.8 Å². The molecule has 0 aliphatic heterocycles. The zero-order chi connectivity index (χ0) is 37.4. The van der Waals surface area contributed by atoms with Crippen molar-refractivity contribution in [2.75, 3.05) is 46.0 Å². The van der Waals surface area contributed by atoms with E-state index >= 15 is 0 Å². The largest absolute Gasteiger partial charge is 0.490 e. The Morgan fingerprint density at radius 2 is 1.12 bits per heavy atom. The standard InChI is InChI=1S/C14H15NO7.C8H7NO5.C6H10O3.CH2Cl2/c1-9(2)13(16)21-6-7-22-14(17)10-4-5-11(15(18)19)12(8-10)20-3;1-14-7-4-5(8(10)11)2-3-6(7)9(12)13;1-5(2)6(8)9-4-3-7;2-1-3/h4-5,8H,1,6-7H2,2-3H3;2-4H,1H3,(H,10,11);7H,1,3-4H2,2H3;1H2. The van der Waals surface area contributed by atoms with Crippen molar-refractivity contribution in [2.24, 2.45) is 0 Å². The molecule has 0 spiro atoms. The van der Waals surface area contributed by atoms with E-state index in [-0.39, 0.29) is 71.3 Å². The first-order valence-corrected chi connectivity index (χ1v) is 14.0. The maximum Gasteiger partial charge on any atom is 0.338 e. The highest BCUT2D eigenvalue weighted by atomic mass is 35.5. The third kappa shape index (κ3) is 18.0. The van der Waals surface area contributed by atoms with Gasteiger partial charge in [-0.25, -0.2) is 19.2 Å². The number of methoxy groups -OCH3 is 2. The molecule has 0 saturated carbocycles. The molecule has 0 aliphatic carbocycles. The Morgan fingerprint density at radius 3 is 1.48 bits per heavy atom. The van der Waals surface area contributed by atoms with Crippen LogP contribution in [0.2, 0.25) is 0 Å². The van der Waals surface area contributed by atoms with E-state index in [2.05, 4.69) is 17.9 Å². The number of carbonyl (C=O) groups is 4. The fourth-order valence-corrected chi connectivity index (χ4v) is 2.65. The highest BCUT2D eigenvalue weighted by Gasteiger charge is 2.19. The molecule has 264 valence electrons. The zero-order valence-corrected chi connectivity index (χ0v) is 27.8. The van der Waals surface area contributed by atoms with Gasteiger partial charge < -0.3 is 33.9 Å². The number of hydrogen-bond acceptors (Lipinski definition) is 14. The maximum atomic E-state index is 11.8. The summed E-state index contributed by atoms with van der Waals surface area (Å²) in [5, 5.41) is 38.2. The number of carbonyl (C=O) groups excluding carboxylic acids is 3. The molecule has 48 heavy (non-hydrogen) atoms. The first kappa shape index (κ1) is 44.9. The average Bonchev–Trinajstić information content (AvgIpc) is 3.05. The number of hydrogen-bond donors (Lipinski definition) is 2. The molecule has 0 fully saturated rings. The summed E-state index contributed by atoms with van der Waals surface area (Å²) in [6, 6.07) is 6.98. The van der Waals surface area contributed by atoms with Crippen LogP contribution in [0, 0.1) is 20.2 Å². The number of carboxylic acids is 1. The van der Waals surface area contributed by atoms with E-state index in [1.807, 2.05) is 0 Å². The van der Waals surface area contributed by atoms with Crippen LogP contribution in [-0.4, -0.2) is 89.9 Å². The van der Waals surface area contributed by atoms with Crippen molar-refractivity contribution in [3.05, 3.63) is 92.1 Å². The molecule has 2 rings (SSSR count). The monoisotopic (exact) mass is 720 g/mol. The Bertz CT molecular complexity index is 1450. The van der Waals surface area contributed by atoms with Gasteiger partial charge in [0.15, 0.2) is 11.5 Å². The van der Waals surface area contributed by atoms with E-state index in [1.165, 1.54) is 33.3 Å². The quantitative estimate of drug-likeness (QED) is 0.0542. The molecule has 2 N–H and O–H groups in total. The van der Waals surface area contributed by atoms with E-state index in [1.54, 1.807) is 6.92 Å². The fourth-order valence-electron chi connectivity index (χ4n) is 2.65. The zero-order valence-electron chi connectivity index (χ0n) is 26.3.